The predicted octanol–water partition coefficient (Wildman–Crippen LogP) is 2.19. The van der Waals surface area contributed by atoms with Crippen molar-refractivity contribution in [3.63, 3.8) is 0 Å². The lowest BCUT2D eigenvalue weighted by molar-refractivity contribution is -0.138. The fourth-order valence-corrected chi connectivity index (χ4v) is 3.39. The Morgan fingerprint density at radius 2 is 1.65 bits per heavy atom. The molecule has 1 aliphatic heterocycles. The van der Waals surface area contributed by atoms with Crippen LogP contribution in [-0.4, -0.2) is 36.3 Å². The van der Waals surface area contributed by atoms with Crippen LogP contribution >= 0.6 is 0 Å². The van der Waals surface area contributed by atoms with Gasteiger partial charge >= 0.3 is 0 Å². The molecule has 0 aromatic carbocycles. The average molecular weight is 280 g/mol. The highest BCUT2D eigenvalue weighted by Gasteiger charge is 2.30. The normalized spacial score (nSPS) is 28.2. The molecule has 2 aliphatic rings. The van der Waals surface area contributed by atoms with Crippen molar-refractivity contribution in [2.24, 2.45) is 17.8 Å². The lowest BCUT2D eigenvalue weighted by Gasteiger charge is -2.35. The third-order valence-electron chi connectivity index (χ3n) is 4.93. The van der Waals surface area contributed by atoms with E-state index in [9.17, 15) is 9.59 Å². The molecule has 4 nitrogen and oxygen atoms in total. The summed E-state index contributed by atoms with van der Waals surface area (Å²) in [5, 5.41) is 2.89. The van der Waals surface area contributed by atoms with Crippen molar-refractivity contribution < 1.29 is 9.59 Å². The standard InChI is InChI=1S/C16H28N2O2/c1-12-7-9-18(10-8-12)16(20)15-5-3-14(4-6-15)11-17-13(2)19/h12,14-15H,3-11H2,1-2H3,(H,17,19). The van der Waals surface area contributed by atoms with Gasteiger partial charge in [0.25, 0.3) is 0 Å². The van der Waals surface area contributed by atoms with Gasteiger partial charge in [0.2, 0.25) is 11.8 Å². The van der Waals surface area contributed by atoms with Gasteiger partial charge in [-0.25, -0.2) is 0 Å². The zero-order valence-corrected chi connectivity index (χ0v) is 12.9. The number of carbonyl (C=O) groups excluding carboxylic acids is 2. The number of rotatable bonds is 3. The van der Waals surface area contributed by atoms with Gasteiger partial charge in [-0.1, -0.05) is 6.92 Å². The Hall–Kier alpha value is -1.06. The Labute approximate surface area is 122 Å². The van der Waals surface area contributed by atoms with Crippen LogP contribution in [0, 0.1) is 17.8 Å². The number of nitrogens with zero attached hydrogens (tertiary/aromatic N) is 1. The summed E-state index contributed by atoms with van der Waals surface area (Å²) in [7, 11) is 0. The van der Waals surface area contributed by atoms with Crippen LogP contribution in [0.25, 0.3) is 0 Å². The van der Waals surface area contributed by atoms with Crippen molar-refractivity contribution in [3.05, 3.63) is 0 Å². The molecule has 0 atom stereocenters. The van der Waals surface area contributed by atoms with E-state index >= 15 is 0 Å². The van der Waals surface area contributed by atoms with Crippen molar-refractivity contribution in [1.82, 2.24) is 10.2 Å². The van der Waals surface area contributed by atoms with E-state index in [1.165, 1.54) is 0 Å². The number of piperidine rings is 1. The van der Waals surface area contributed by atoms with Gasteiger partial charge in [-0.3, -0.25) is 9.59 Å². The third kappa shape index (κ3) is 4.22. The first kappa shape index (κ1) is 15.3. The smallest absolute Gasteiger partial charge is 0.225 e. The van der Waals surface area contributed by atoms with E-state index in [1.54, 1.807) is 6.92 Å². The molecule has 2 amide bonds. The average Bonchev–Trinajstić information content (AvgIpc) is 2.46. The fourth-order valence-electron chi connectivity index (χ4n) is 3.39. The Morgan fingerprint density at radius 1 is 1.05 bits per heavy atom. The van der Waals surface area contributed by atoms with Crippen molar-refractivity contribution in [2.75, 3.05) is 19.6 Å². The van der Waals surface area contributed by atoms with Crippen LogP contribution in [0.15, 0.2) is 0 Å². The largest absolute Gasteiger partial charge is 0.356 e. The van der Waals surface area contributed by atoms with Gasteiger partial charge in [0, 0.05) is 32.5 Å². The number of hydrogen-bond donors (Lipinski definition) is 1. The first-order chi connectivity index (χ1) is 9.56. The molecule has 4 heteroatoms. The minimum absolute atomic E-state index is 0.0469. The quantitative estimate of drug-likeness (QED) is 0.861. The van der Waals surface area contributed by atoms with E-state index in [-0.39, 0.29) is 11.8 Å². The Bertz CT molecular complexity index is 340. The zero-order valence-electron chi connectivity index (χ0n) is 12.9. The Morgan fingerprint density at radius 3 is 2.20 bits per heavy atom. The minimum atomic E-state index is 0.0469. The van der Waals surface area contributed by atoms with E-state index in [0.717, 1.165) is 64.1 Å². The van der Waals surface area contributed by atoms with Crippen LogP contribution in [-0.2, 0) is 9.59 Å². The molecule has 2 rings (SSSR count). The van der Waals surface area contributed by atoms with E-state index in [0.29, 0.717) is 11.8 Å². The molecule has 0 spiro atoms. The minimum Gasteiger partial charge on any atom is -0.356 e. The monoisotopic (exact) mass is 280 g/mol. The third-order valence-corrected chi connectivity index (χ3v) is 4.93. The van der Waals surface area contributed by atoms with Gasteiger partial charge in [-0.05, 0) is 50.4 Å². The number of nitrogens with one attached hydrogen (secondary N) is 1. The maximum absolute atomic E-state index is 12.5. The molecule has 1 saturated heterocycles. The highest BCUT2D eigenvalue weighted by atomic mass is 16.2. The lowest BCUT2D eigenvalue weighted by atomic mass is 9.81. The molecule has 114 valence electrons. The van der Waals surface area contributed by atoms with Gasteiger partial charge in [0.1, 0.15) is 0 Å². The molecular formula is C16H28N2O2. The summed E-state index contributed by atoms with van der Waals surface area (Å²) in [5.74, 6) is 1.99. The van der Waals surface area contributed by atoms with Crippen LogP contribution in [0.5, 0.6) is 0 Å². The van der Waals surface area contributed by atoms with E-state index in [4.69, 9.17) is 0 Å². The summed E-state index contributed by atoms with van der Waals surface area (Å²) < 4.78 is 0. The highest BCUT2D eigenvalue weighted by Crippen LogP contribution is 2.30. The summed E-state index contributed by atoms with van der Waals surface area (Å²) >= 11 is 0. The van der Waals surface area contributed by atoms with Gasteiger partial charge in [-0.15, -0.1) is 0 Å². The summed E-state index contributed by atoms with van der Waals surface area (Å²) in [6, 6.07) is 0. The Balaban J connectivity index is 1.73. The van der Waals surface area contributed by atoms with Gasteiger partial charge in [0.05, 0.1) is 0 Å². The zero-order chi connectivity index (χ0) is 14.5. The molecule has 0 aromatic heterocycles. The fraction of sp³-hybridized carbons (Fsp3) is 0.875. The van der Waals surface area contributed by atoms with Crippen LogP contribution in [0.3, 0.4) is 0 Å². The summed E-state index contributed by atoms with van der Waals surface area (Å²) in [5.41, 5.74) is 0. The van der Waals surface area contributed by atoms with Gasteiger partial charge in [0.15, 0.2) is 0 Å². The summed E-state index contributed by atoms with van der Waals surface area (Å²) in [6.45, 7) is 6.51. The van der Waals surface area contributed by atoms with Crippen molar-refractivity contribution in [3.8, 4) is 0 Å². The summed E-state index contributed by atoms with van der Waals surface area (Å²) in [4.78, 5) is 25.5. The maximum atomic E-state index is 12.5. The van der Waals surface area contributed by atoms with Crippen LogP contribution < -0.4 is 5.32 Å². The molecule has 20 heavy (non-hydrogen) atoms. The Kier molecular flexibility index (Phi) is 5.44. The van der Waals surface area contributed by atoms with Crippen molar-refractivity contribution in [2.45, 2.75) is 52.4 Å². The molecule has 1 saturated carbocycles. The van der Waals surface area contributed by atoms with Gasteiger partial charge in [-0.2, -0.15) is 0 Å². The maximum Gasteiger partial charge on any atom is 0.225 e. The molecule has 1 N–H and O–H groups in total. The van der Waals surface area contributed by atoms with Crippen LogP contribution in [0.1, 0.15) is 52.4 Å². The van der Waals surface area contributed by atoms with Crippen LogP contribution in [0.4, 0.5) is 0 Å². The molecule has 0 bridgehead atoms. The number of likely N-dealkylation sites (tertiary alicyclic amines) is 1. The number of carbonyl (C=O) groups is 2. The van der Waals surface area contributed by atoms with E-state index in [1.807, 2.05) is 0 Å². The molecule has 1 heterocycles. The number of hydrogen-bond acceptors (Lipinski definition) is 2. The van der Waals surface area contributed by atoms with E-state index in [2.05, 4.69) is 17.1 Å². The molecule has 0 unspecified atom stereocenters. The van der Waals surface area contributed by atoms with Crippen molar-refractivity contribution in [1.29, 1.82) is 0 Å². The first-order valence-electron chi connectivity index (χ1n) is 8.09. The first-order valence-corrected chi connectivity index (χ1v) is 8.09. The van der Waals surface area contributed by atoms with Crippen LogP contribution in [0.2, 0.25) is 0 Å². The molecule has 0 radical (unpaired) electrons. The van der Waals surface area contributed by atoms with Crippen molar-refractivity contribution >= 4 is 11.8 Å². The predicted molar refractivity (Wildman–Crippen MR) is 79.1 cm³/mol. The molecule has 2 fully saturated rings. The second-order valence-electron chi connectivity index (χ2n) is 6.66. The highest BCUT2D eigenvalue weighted by molar-refractivity contribution is 5.79. The second-order valence-corrected chi connectivity index (χ2v) is 6.66. The summed E-state index contributed by atoms with van der Waals surface area (Å²) in [6.07, 6.45) is 6.44. The van der Waals surface area contributed by atoms with Gasteiger partial charge < -0.3 is 10.2 Å². The molecule has 0 aromatic rings. The second kappa shape index (κ2) is 7.09. The number of amides is 2. The topological polar surface area (TPSA) is 49.4 Å². The SMILES string of the molecule is CC(=O)NCC1CCC(C(=O)N2CCC(C)CC2)CC1. The molecule has 1 aliphatic carbocycles. The van der Waals surface area contributed by atoms with E-state index < -0.39 is 0 Å². The molecular weight excluding hydrogens is 252 g/mol. The lowest BCUT2D eigenvalue weighted by Crippen LogP contribution is -2.42.